The lowest BCUT2D eigenvalue weighted by Gasteiger charge is -2.29. The molecule has 1 N–H and O–H groups in total. The van der Waals surface area contributed by atoms with Gasteiger partial charge < -0.3 is 5.32 Å². The molecule has 0 unspecified atom stereocenters. The predicted molar refractivity (Wildman–Crippen MR) is 90.0 cm³/mol. The first-order valence-corrected chi connectivity index (χ1v) is 10.2. The molecule has 0 aromatic rings. The molecule has 0 atom stereocenters. The first-order chi connectivity index (χ1) is 9.83. The van der Waals surface area contributed by atoms with Crippen LogP contribution in [0.15, 0.2) is 0 Å². The van der Waals surface area contributed by atoms with Crippen molar-refractivity contribution in [3.05, 3.63) is 0 Å². The molecule has 1 saturated carbocycles. The van der Waals surface area contributed by atoms with E-state index in [0.717, 1.165) is 32.2 Å². The minimum Gasteiger partial charge on any atom is -0.315 e. The molecule has 1 aliphatic carbocycles. The second-order valence-corrected chi connectivity index (χ2v) is 9.07. The maximum Gasteiger partial charge on any atom is 0.214 e. The zero-order valence-electron chi connectivity index (χ0n) is 14.3. The van der Waals surface area contributed by atoms with Crippen LogP contribution in [0.3, 0.4) is 0 Å². The lowest BCUT2D eigenvalue weighted by Crippen LogP contribution is -2.42. The molecule has 4 nitrogen and oxygen atoms in total. The minimum absolute atomic E-state index is 0.256. The van der Waals surface area contributed by atoms with Crippen LogP contribution >= 0.6 is 0 Å². The second kappa shape index (κ2) is 9.11. The van der Waals surface area contributed by atoms with Gasteiger partial charge in [0, 0.05) is 18.6 Å². The first kappa shape index (κ1) is 18.9. The fraction of sp³-hybridized carbons (Fsp3) is 1.00. The molecule has 0 saturated heterocycles. The molecule has 0 spiro atoms. The molecule has 5 heteroatoms. The quantitative estimate of drug-likeness (QED) is 0.630. The van der Waals surface area contributed by atoms with E-state index in [1.54, 1.807) is 0 Å². The molecular formula is C16H34N2O2S. The topological polar surface area (TPSA) is 49.4 Å². The fourth-order valence-electron chi connectivity index (χ4n) is 2.96. The Morgan fingerprint density at radius 3 is 2.24 bits per heavy atom. The van der Waals surface area contributed by atoms with Crippen LogP contribution in [0.25, 0.3) is 0 Å². The van der Waals surface area contributed by atoms with Crippen molar-refractivity contribution >= 4 is 10.0 Å². The Hall–Kier alpha value is -0.130. The highest BCUT2D eigenvalue weighted by Crippen LogP contribution is 2.27. The number of unbranched alkanes of at least 4 members (excludes halogenated alkanes) is 1. The summed E-state index contributed by atoms with van der Waals surface area (Å²) in [6.07, 6.45) is 6.11. The van der Waals surface area contributed by atoms with Crippen molar-refractivity contribution in [2.24, 2.45) is 5.92 Å². The highest BCUT2D eigenvalue weighted by Gasteiger charge is 2.31. The van der Waals surface area contributed by atoms with E-state index in [9.17, 15) is 8.42 Å². The van der Waals surface area contributed by atoms with Crippen molar-refractivity contribution in [2.45, 2.75) is 78.3 Å². The average molecular weight is 319 g/mol. The Kier molecular flexibility index (Phi) is 8.21. The fourth-order valence-corrected chi connectivity index (χ4v) is 4.95. The summed E-state index contributed by atoms with van der Waals surface area (Å²) in [5.74, 6) is 0.693. The van der Waals surface area contributed by atoms with E-state index in [4.69, 9.17) is 0 Å². The van der Waals surface area contributed by atoms with Crippen LogP contribution in [-0.4, -0.2) is 43.6 Å². The Labute approximate surface area is 131 Å². The van der Waals surface area contributed by atoms with Crippen molar-refractivity contribution in [3.8, 4) is 0 Å². The third-order valence-electron chi connectivity index (χ3n) is 4.02. The summed E-state index contributed by atoms with van der Waals surface area (Å²) < 4.78 is 27.1. The van der Waals surface area contributed by atoms with Gasteiger partial charge in [-0.15, -0.1) is 0 Å². The number of nitrogens with one attached hydrogen (secondary N) is 1. The van der Waals surface area contributed by atoms with Gasteiger partial charge in [-0.05, 0) is 38.1 Å². The van der Waals surface area contributed by atoms with Crippen molar-refractivity contribution in [1.29, 1.82) is 0 Å². The molecule has 0 radical (unpaired) electrons. The third kappa shape index (κ3) is 7.11. The van der Waals surface area contributed by atoms with E-state index < -0.39 is 10.0 Å². The first-order valence-electron chi connectivity index (χ1n) is 8.56. The van der Waals surface area contributed by atoms with E-state index in [2.05, 4.69) is 33.0 Å². The van der Waals surface area contributed by atoms with Gasteiger partial charge in [0.25, 0.3) is 0 Å². The molecule has 126 valence electrons. The van der Waals surface area contributed by atoms with E-state index in [1.807, 2.05) is 4.31 Å². The van der Waals surface area contributed by atoms with Gasteiger partial charge >= 0.3 is 0 Å². The number of sulfonamides is 1. The molecule has 1 fully saturated rings. The molecular weight excluding hydrogens is 284 g/mol. The van der Waals surface area contributed by atoms with Gasteiger partial charge in [-0.1, -0.05) is 40.5 Å². The normalized spacial score (nSPS) is 17.5. The summed E-state index contributed by atoms with van der Waals surface area (Å²) in [6, 6.07) is 0.726. The van der Waals surface area contributed by atoms with E-state index in [-0.39, 0.29) is 6.04 Å². The molecule has 0 bridgehead atoms. The zero-order valence-corrected chi connectivity index (χ0v) is 15.1. The summed E-state index contributed by atoms with van der Waals surface area (Å²) in [7, 11) is -3.10. The van der Waals surface area contributed by atoms with Gasteiger partial charge in [-0.25, -0.2) is 8.42 Å². The molecule has 0 aromatic carbocycles. The number of nitrogens with zero attached hydrogens (tertiary/aromatic N) is 1. The van der Waals surface area contributed by atoms with E-state index >= 15 is 0 Å². The van der Waals surface area contributed by atoms with Crippen LogP contribution in [-0.2, 0) is 10.0 Å². The molecule has 21 heavy (non-hydrogen) atoms. The number of rotatable bonds is 10. The van der Waals surface area contributed by atoms with Crippen LogP contribution < -0.4 is 5.32 Å². The molecule has 0 aliphatic heterocycles. The summed E-state index contributed by atoms with van der Waals surface area (Å²) in [5.41, 5.74) is 0. The molecule has 0 heterocycles. The largest absolute Gasteiger partial charge is 0.315 e. The molecule has 0 amide bonds. The molecule has 0 aromatic heterocycles. The third-order valence-corrected chi connectivity index (χ3v) is 5.98. The summed E-state index contributed by atoms with van der Waals surface area (Å²) >= 11 is 0. The highest BCUT2D eigenvalue weighted by atomic mass is 32.2. The van der Waals surface area contributed by atoms with Crippen LogP contribution in [0.5, 0.6) is 0 Å². The molecule has 1 rings (SSSR count). The predicted octanol–water partition coefficient (Wildman–Crippen LogP) is 3.00. The van der Waals surface area contributed by atoms with Gasteiger partial charge in [-0.3, -0.25) is 0 Å². The van der Waals surface area contributed by atoms with Crippen LogP contribution in [0, 0.1) is 5.92 Å². The zero-order chi connectivity index (χ0) is 15.9. The lowest BCUT2D eigenvalue weighted by molar-refractivity contribution is 0.292. The smallest absolute Gasteiger partial charge is 0.214 e. The van der Waals surface area contributed by atoms with Gasteiger partial charge in [-0.2, -0.15) is 4.31 Å². The highest BCUT2D eigenvalue weighted by molar-refractivity contribution is 7.89. The second-order valence-electron chi connectivity index (χ2n) is 7.03. The average Bonchev–Trinajstić information content (AvgIpc) is 2.88. The van der Waals surface area contributed by atoms with Crippen LogP contribution in [0.4, 0.5) is 0 Å². The van der Waals surface area contributed by atoms with Crippen LogP contribution in [0.1, 0.15) is 66.2 Å². The summed E-state index contributed by atoms with van der Waals surface area (Å²) in [4.78, 5) is 0. The van der Waals surface area contributed by atoms with Gasteiger partial charge in [0.2, 0.25) is 10.0 Å². The SMILES string of the molecule is CC(C)CN(C1CCCC1)S(=O)(=O)CCCCNC(C)C. The number of hydrogen-bond acceptors (Lipinski definition) is 3. The van der Waals surface area contributed by atoms with Crippen molar-refractivity contribution in [1.82, 2.24) is 9.62 Å². The van der Waals surface area contributed by atoms with Crippen molar-refractivity contribution in [3.63, 3.8) is 0 Å². The van der Waals surface area contributed by atoms with Gasteiger partial charge in [0.05, 0.1) is 5.75 Å². The van der Waals surface area contributed by atoms with Crippen molar-refractivity contribution < 1.29 is 8.42 Å². The van der Waals surface area contributed by atoms with E-state index in [0.29, 0.717) is 24.3 Å². The minimum atomic E-state index is -3.10. The van der Waals surface area contributed by atoms with Crippen LogP contribution in [0.2, 0.25) is 0 Å². The standard InChI is InChI=1S/C16H34N2O2S/c1-14(2)13-18(16-9-5-6-10-16)21(19,20)12-8-7-11-17-15(3)4/h14-17H,5-13H2,1-4H3. The lowest BCUT2D eigenvalue weighted by atomic mass is 10.2. The summed E-state index contributed by atoms with van der Waals surface area (Å²) in [5, 5.41) is 3.34. The Balaban J connectivity index is 2.49. The van der Waals surface area contributed by atoms with E-state index in [1.165, 1.54) is 12.8 Å². The maximum absolute atomic E-state index is 12.7. The van der Waals surface area contributed by atoms with Gasteiger partial charge in [0.15, 0.2) is 0 Å². The Morgan fingerprint density at radius 1 is 1.10 bits per heavy atom. The molecule has 1 aliphatic rings. The Bertz CT molecular complexity index is 374. The van der Waals surface area contributed by atoms with Gasteiger partial charge in [0.1, 0.15) is 0 Å². The maximum atomic E-state index is 12.7. The van der Waals surface area contributed by atoms with Crippen molar-refractivity contribution in [2.75, 3.05) is 18.8 Å². The summed E-state index contributed by atoms with van der Waals surface area (Å²) in [6.45, 7) is 10.0. The number of hydrogen-bond donors (Lipinski definition) is 1. The Morgan fingerprint density at radius 2 is 1.71 bits per heavy atom. The monoisotopic (exact) mass is 318 g/mol.